The van der Waals surface area contributed by atoms with E-state index in [9.17, 15) is 0 Å². The molecule has 0 bridgehead atoms. The molecule has 1 aliphatic rings. The van der Waals surface area contributed by atoms with Crippen molar-refractivity contribution in [3.8, 4) is 0 Å². The minimum absolute atomic E-state index is 0.0945. The smallest absolute Gasteiger partial charge is 0.0668 e. The monoisotopic (exact) mass is 217 g/mol. The number of likely N-dealkylation sites (N-methyl/N-ethyl adjacent to an activating group) is 1. The Labute approximate surface area is 92.0 Å². The highest BCUT2D eigenvalue weighted by Crippen LogP contribution is 2.15. The Hall–Kier alpha value is -0.160. The Bertz CT molecular complexity index is 165. The number of hydrogen-bond donors (Lipinski definition) is 2. The summed E-state index contributed by atoms with van der Waals surface area (Å²) in [6.07, 6.45) is 2.19. The maximum absolute atomic E-state index is 9.16. The molecular formula is C11H23NO3. The van der Waals surface area contributed by atoms with Crippen LogP contribution in [0, 0.1) is 5.92 Å². The number of ether oxygens (including phenoxy) is 2. The van der Waals surface area contributed by atoms with Gasteiger partial charge in [-0.1, -0.05) is 0 Å². The molecule has 0 aromatic heterocycles. The third kappa shape index (κ3) is 4.47. The van der Waals surface area contributed by atoms with E-state index in [1.165, 1.54) is 0 Å². The Morgan fingerprint density at radius 2 is 2.13 bits per heavy atom. The molecule has 15 heavy (non-hydrogen) atoms. The van der Waals surface area contributed by atoms with Gasteiger partial charge in [0.1, 0.15) is 0 Å². The molecule has 0 spiro atoms. The number of hydrogen-bond acceptors (Lipinski definition) is 4. The molecule has 90 valence electrons. The van der Waals surface area contributed by atoms with Crippen LogP contribution in [0.2, 0.25) is 0 Å². The first-order chi connectivity index (χ1) is 7.20. The maximum atomic E-state index is 9.16. The second-order valence-corrected chi connectivity index (χ2v) is 4.54. The molecule has 2 N–H and O–H groups in total. The summed E-state index contributed by atoms with van der Waals surface area (Å²) in [5.41, 5.74) is -0.314. The number of nitrogens with one attached hydrogen (secondary N) is 1. The molecular weight excluding hydrogens is 194 g/mol. The van der Waals surface area contributed by atoms with E-state index in [1.807, 2.05) is 14.0 Å². The maximum Gasteiger partial charge on any atom is 0.0668 e. The van der Waals surface area contributed by atoms with Crippen LogP contribution >= 0.6 is 0 Å². The molecule has 0 radical (unpaired) electrons. The van der Waals surface area contributed by atoms with E-state index < -0.39 is 0 Å². The van der Waals surface area contributed by atoms with Gasteiger partial charge < -0.3 is 19.9 Å². The van der Waals surface area contributed by atoms with Crippen LogP contribution in [0.25, 0.3) is 0 Å². The first-order valence-corrected chi connectivity index (χ1v) is 5.65. The Kier molecular flexibility index (Phi) is 5.53. The minimum atomic E-state index is -0.314. The summed E-state index contributed by atoms with van der Waals surface area (Å²) in [7, 11) is 1.84. The Morgan fingerprint density at radius 3 is 2.67 bits per heavy atom. The molecule has 1 heterocycles. The molecule has 0 aromatic carbocycles. The molecule has 1 rings (SSSR count). The number of aliphatic hydroxyl groups is 1. The van der Waals surface area contributed by atoms with Gasteiger partial charge in [0.25, 0.3) is 0 Å². The van der Waals surface area contributed by atoms with Gasteiger partial charge in [0.05, 0.1) is 18.8 Å². The van der Waals surface area contributed by atoms with E-state index in [2.05, 4.69) is 5.32 Å². The van der Waals surface area contributed by atoms with Crippen LogP contribution in [0.15, 0.2) is 0 Å². The van der Waals surface area contributed by atoms with Crippen molar-refractivity contribution in [3.63, 3.8) is 0 Å². The van der Waals surface area contributed by atoms with Crippen molar-refractivity contribution in [2.24, 2.45) is 5.92 Å². The van der Waals surface area contributed by atoms with Gasteiger partial charge >= 0.3 is 0 Å². The van der Waals surface area contributed by atoms with Crippen molar-refractivity contribution in [2.75, 3.05) is 40.1 Å². The second kappa shape index (κ2) is 6.43. The van der Waals surface area contributed by atoms with Crippen LogP contribution in [0.4, 0.5) is 0 Å². The molecule has 0 saturated carbocycles. The van der Waals surface area contributed by atoms with Crippen molar-refractivity contribution in [2.45, 2.75) is 25.3 Å². The van der Waals surface area contributed by atoms with Crippen LogP contribution in [-0.2, 0) is 9.47 Å². The highest BCUT2D eigenvalue weighted by molar-refractivity contribution is 4.80. The lowest BCUT2D eigenvalue weighted by atomic mass is 10.0. The largest absolute Gasteiger partial charge is 0.394 e. The predicted molar refractivity (Wildman–Crippen MR) is 58.9 cm³/mol. The lowest BCUT2D eigenvalue weighted by molar-refractivity contribution is -0.00398. The molecule has 0 amide bonds. The van der Waals surface area contributed by atoms with Crippen LogP contribution < -0.4 is 5.32 Å². The second-order valence-electron chi connectivity index (χ2n) is 4.54. The molecule has 1 aliphatic heterocycles. The van der Waals surface area contributed by atoms with Gasteiger partial charge in [0.2, 0.25) is 0 Å². The molecule has 1 unspecified atom stereocenters. The van der Waals surface area contributed by atoms with Crippen molar-refractivity contribution in [1.29, 1.82) is 0 Å². The van der Waals surface area contributed by atoms with E-state index in [1.54, 1.807) is 0 Å². The van der Waals surface area contributed by atoms with Crippen molar-refractivity contribution >= 4 is 0 Å². The molecule has 1 atom stereocenters. The zero-order valence-corrected chi connectivity index (χ0v) is 9.79. The molecule has 4 nitrogen and oxygen atoms in total. The topological polar surface area (TPSA) is 50.7 Å². The molecule has 1 saturated heterocycles. The van der Waals surface area contributed by atoms with Crippen LogP contribution in [0.3, 0.4) is 0 Å². The van der Waals surface area contributed by atoms with Crippen LogP contribution in [-0.4, -0.2) is 50.7 Å². The lowest BCUT2D eigenvalue weighted by Crippen LogP contribution is -2.48. The molecule has 0 aliphatic carbocycles. The normalized spacial score (nSPS) is 22.6. The molecule has 1 fully saturated rings. The van der Waals surface area contributed by atoms with Gasteiger partial charge in [-0.25, -0.2) is 0 Å². The van der Waals surface area contributed by atoms with E-state index in [0.29, 0.717) is 12.5 Å². The first-order valence-electron chi connectivity index (χ1n) is 5.65. The van der Waals surface area contributed by atoms with Crippen molar-refractivity contribution < 1.29 is 14.6 Å². The van der Waals surface area contributed by atoms with Gasteiger partial charge in [-0.15, -0.1) is 0 Å². The first kappa shape index (κ1) is 12.9. The van der Waals surface area contributed by atoms with E-state index in [4.69, 9.17) is 14.6 Å². The van der Waals surface area contributed by atoms with Crippen molar-refractivity contribution in [3.05, 3.63) is 0 Å². The zero-order chi connectivity index (χ0) is 11.1. The fourth-order valence-corrected chi connectivity index (χ4v) is 1.56. The lowest BCUT2D eigenvalue weighted by Gasteiger charge is -2.28. The van der Waals surface area contributed by atoms with Crippen LogP contribution in [0.5, 0.6) is 0 Å². The fraction of sp³-hybridized carbons (Fsp3) is 1.00. The van der Waals surface area contributed by atoms with Gasteiger partial charge in [-0.2, -0.15) is 0 Å². The molecule has 0 aromatic rings. The van der Waals surface area contributed by atoms with E-state index in [0.717, 1.165) is 32.7 Å². The Balaban J connectivity index is 2.14. The number of rotatable bonds is 6. The SMILES string of the molecule is CNC(C)(CO)COCC1CCOCC1. The summed E-state index contributed by atoms with van der Waals surface area (Å²) >= 11 is 0. The predicted octanol–water partition coefficient (Wildman–Crippen LogP) is 0.400. The summed E-state index contributed by atoms with van der Waals surface area (Å²) in [4.78, 5) is 0. The number of aliphatic hydroxyl groups excluding tert-OH is 1. The molecule has 4 heteroatoms. The minimum Gasteiger partial charge on any atom is -0.394 e. The third-order valence-corrected chi connectivity index (χ3v) is 3.07. The summed E-state index contributed by atoms with van der Waals surface area (Å²) in [5.74, 6) is 0.624. The van der Waals surface area contributed by atoms with Gasteiger partial charge in [0, 0.05) is 19.8 Å². The third-order valence-electron chi connectivity index (χ3n) is 3.07. The van der Waals surface area contributed by atoms with E-state index in [-0.39, 0.29) is 12.1 Å². The van der Waals surface area contributed by atoms with Crippen LogP contribution in [0.1, 0.15) is 19.8 Å². The summed E-state index contributed by atoms with van der Waals surface area (Å²) < 4.78 is 10.9. The highest BCUT2D eigenvalue weighted by atomic mass is 16.5. The standard InChI is InChI=1S/C11H23NO3/c1-11(8-13,12-2)9-15-7-10-3-5-14-6-4-10/h10,12-13H,3-9H2,1-2H3. The zero-order valence-electron chi connectivity index (χ0n) is 9.79. The van der Waals surface area contributed by atoms with Gasteiger partial charge in [-0.05, 0) is 32.7 Å². The quantitative estimate of drug-likeness (QED) is 0.676. The summed E-state index contributed by atoms with van der Waals surface area (Å²) in [6, 6.07) is 0. The van der Waals surface area contributed by atoms with Gasteiger partial charge in [0.15, 0.2) is 0 Å². The average molecular weight is 217 g/mol. The van der Waals surface area contributed by atoms with E-state index >= 15 is 0 Å². The summed E-state index contributed by atoms with van der Waals surface area (Å²) in [5, 5.41) is 12.2. The Morgan fingerprint density at radius 1 is 1.47 bits per heavy atom. The fourth-order valence-electron chi connectivity index (χ4n) is 1.56. The highest BCUT2D eigenvalue weighted by Gasteiger charge is 2.22. The van der Waals surface area contributed by atoms with Crippen molar-refractivity contribution in [1.82, 2.24) is 5.32 Å². The summed E-state index contributed by atoms with van der Waals surface area (Å²) in [6.45, 7) is 5.10. The average Bonchev–Trinajstić information content (AvgIpc) is 2.30. The van der Waals surface area contributed by atoms with Gasteiger partial charge in [-0.3, -0.25) is 0 Å².